The second kappa shape index (κ2) is 4.10. The first-order valence-corrected chi connectivity index (χ1v) is 4.34. The number of hydrogen-bond donors (Lipinski definition) is 1. The van der Waals surface area contributed by atoms with E-state index >= 15 is 0 Å². The minimum Gasteiger partial charge on any atom is -0.358 e. The maximum atomic E-state index is 10.8. The highest BCUT2D eigenvalue weighted by Crippen LogP contribution is 2.13. The molecule has 1 amide bonds. The molecule has 0 aliphatic carbocycles. The van der Waals surface area contributed by atoms with Crippen LogP contribution in [-0.2, 0) is 4.79 Å². The van der Waals surface area contributed by atoms with Gasteiger partial charge in [-0.05, 0) is 6.92 Å². The average Bonchev–Trinajstić information content (AvgIpc) is 2.47. The molecule has 0 aliphatic heterocycles. The van der Waals surface area contributed by atoms with Crippen LogP contribution in [0, 0.1) is 6.92 Å². The highest BCUT2D eigenvalue weighted by atomic mass is 32.2. The fourth-order valence-corrected chi connectivity index (χ4v) is 1.22. The zero-order chi connectivity index (χ0) is 8.97. The largest absolute Gasteiger partial charge is 0.358 e. The number of hydrogen-bond acceptors (Lipinski definition) is 5. The fraction of sp³-hybridized carbons (Fsp3) is 0.500. The van der Waals surface area contributed by atoms with Crippen LogP contribution in [0.1, 0.15) is 5.82 Å². The molecular formula is C6H9N3O2S. The van der Waals surface area contributed by atoms with Gasteiger partial charge in [-0.15, -0.1) is 0 Å². The summed E-state index contributed by atoms with van der Waals surface area (Å²) in [6.45, 7) is 1.73. The Labute approximate surface area is 73.9 Å². The van der Waals surface area contributed by atoms with Crippen molar-refractivity contribution < 1.29 is 9.32 Å². The number of thioether (sulfide) groups is 1. The molecule has 0 aromatic carbocycles. The predicted molar refractivity (Wildman–Crippen MR) is 43.8 cm³/mol. The van der Waals surface area contributed by atoms with Crippen molar-refractivity contribution in [1.82, 2.24) is 15.5 Å². The lowest BCUT2D eigenvalue weighted by molar-refractivity contribution is -0.118. The first kappa shape index (κ1) is 9.05. The average molecular weight is 187 g/mol. The van der Waals surface area contributed by atoms with Crippen molar-refractivity contribution in [3.63, 3.8) is 0 Å². The third kappa shape index (κ3) is 2.54. The Morgan fingerprint density at radius 3 is 3.00 bits per heavy atom. The van der Waals surface area contributed by atoms with Crippen LogP contribution in [0.2, 0.25) is 0 Å². The summed E-state index contributed by atoms with van der Waals surface area (Å²) >= 11 is 1.22. The molecule has 1 aromatic heterocycles. The molecule has 5 nitrogen and oxygen atoms in total. The number of rotatable bonds is 3. The van der Waals surface area contributed by atoms with Gasteiger partial charge in [0.25, 0.3) is 5.22 Å². The maximum Gasteiger partial charge on any atom is 0.286 e. The Kier molecular flexibility index (Phi) is 3.09. The molecule has 0 unspecified atom stereocenters. The van der Waals surface area contributed by atoms with E-state index in [9.17, 15) is 4.79 Å². The monoisotopic (exact) mass is 187 g/mol. The number of carbonyl (C=O) groups is 1. The van der Waals surface area contributed by atoms with Gasteiger partial charge in [-0.1, -0.05) is 16.9 Å². The molecule has 0 aliphatic rings. The third-order valence-corrected chi connectivity index (χ3v) is 1.93. The predicted octanol–water partition coefficient (Wildman–Crippen LogP) is 0.216. The second-order valence-electron chi connectivity index (χ2n) is 2.07. The summed E-state index contributed by atoms with van der Waals surface area (Å²) in [6.07, 6.45) is 0. The number of carbonyl (C=O) groups excluding carboxylic acids is 1. The Balaban J connectivity index is 2.38. The Hall–Kier alpha value is -1.04. The van der Waals surface area contributed by atoms with Crippen molar-refractivity contribution >= 4 is 17.7 Å². The molecule has 0 fully saturated rings. The van der Waals surface area contributed by atoms with Crippen molar-refractivity contribution in [3.8, 4) is 0 Å². The van der Waals surface area contributed by atoms with Crippen LogP contribution in [0.15, 0.2) is 9.75 Å². The normalized spacial score (nSPS) is 9.83. The lowest BCUT2D eigenvalue weighted by atomic mass is 10.7. The van der Waals surface area contributed by atoms with Gasteiger partial charge in [0.2, 0.25) is 5.91 Å². The van der Waals surface area contributed by atoms with Crippen LogP contribution in [0.4, 0.5) is 0 Å². The standard InChI is InChI=1S/C6H9N3O2S/c1-4-8-6(11-9-4)12-3-5(10)7-2/h3H2,1-2H3,(H,7,10). The highest BCUT2D eigenvalue weighted by molar-refractivity contribution is 7.99. The molecule has 66 valence electrons. The Bertz CT molecular complexity index is 274. The Morgan fingerprint density at radius 1 is 1.75 bits per heavy atom. The highest BCUT2D eigenvalue weighted by Gasteiger charge is 2.05. The zero-order valence-corrected chi connectivity index (χ0v) is 7.64. The number of aromatic nitrogens is 2. The van der Waals surface area contributed by atoms with E-state index in [1.807, 2.05) is 0 Å². The van der Waals surface area contributed by atoms with E-state index in [0.717, 1.165) is 0 Å². The van der Waals surface area contributed by atoms with Crippen LogP contribution < -0.4 is 5.32 Å². The van der Waals surface area contributed by atoms with E-state index in [0.29, 0.717) is 16.8 Å². The third-order valence-electron chi connectivity index (χ3n) is 1.11. The van der Waals surface area contributed by atoms with Crippen molar-refractivity contribution in [1.29, 1.82) is 0 Å². The van der Waals surface area contributed by atoms with Gasteiger partial charge < -0.3 is 9.84 Å². The zero-order valence-electron chi connectivity index (χ0n) is 6.83. The van der Waals surface area contributed by atoms with Crippen molar-refractivity contribution in [2.24, 2.45) is 0 Å². The van der Waals surface area contributed by atoms with E-state index in [1.54, 1.807) is 14.0 Å². The number of amides is 1. The topological polar surface area (TPSA) is 68.0 Å². The SMILES string of the molecule is CNC(=O)CSc1nc(C)no1. The fourth-order valence-electron chi connectivity index (χ4n) is 0.536. The minimum absolute atomic E-state index is 0.0594. The van der Waals surface area contributed by atoms with Gasteiger partial charge in [0.15, 0.2) is 5.82 Å². The van der Waals surface area contributed by atoms with Gasteiger partial charge in [0.1, 0.15) is 0 Å². The van der Waals surface area contributed by atoms with Crippen LogP contribution in [0.3, 0.4) is 0 Å². The molecule has 0 bridgehead atoms. The number of nitrogens with zero attached hydrogens (tertiary/aromatic N) is 2. The summed E-state index contributed by atoms with van der Waals surface area (Å²) in [5.41, 5.74) is 0. The van der Waals surface area contributed by atoms with Gasteiger partial charge in [-0.25, -0.2) is 0 Å². The number of nitrogens with one attached hydrogen (secondary N) is 1. The summed E-state index contributed by atoms with van der Waals surface area (Å²) in [5.74, 6) is 0.822. The lowest BCUT2D eigenvalue weighted by Crippen LogP contribution is -2.19. The summed E-state index contributed by atoms with van der Waals surface area (Å²) in [7, 11) is 1.59. The molecule has 12 heavy (non-hydrogen) atoms. The van der Waals surface area contributed by atoms with E-state index < -0.39 is 0 Å². The molecule has 1 rings (SSSR count). The molecule has 0 spiro atoms. The van der Waals surface area contributed by atoms with Gasteiger partial charge in [-0.2, -0.15) is 4.98 Å². The maximum absolute atomic E-state index is 10.8. The Morgan fingerprint density at radius 2 is 2.50 bits per heavy atom. The van der Waals surface area contributed by atoms with Crippen LogP contribution in [0.5, 0.6) is 0 Å². The molecule has 0 atom stereocenters. The molecule has 0 radical (unpaired) electrons. The second-order valence-corrected chi connectivity index (χ2v) is 3.00. The van der Waals surface area contributed by atoms with E-state index in [1.165, 1.54) is 11.8 Å². The molecule has 1 N–H and O–H groups in total. The van der Waals surface area contributed by atoms with Crippen LogP contribution in [-0.4, -0.2) is 28.8 Å². The van der Waals surface area contributed by atoms with E-state index in [2.05, 4.69) is 15.5 Å². The van der Waals surface area contributed by atoms with Crippen molar-refractivity contribution in [2.75, 3.05) is 12.8 Å². The van der Waals surface area contributed by atoms with Crippen molar-refractivity contribution in [3.05, 3.63) is 5.82 Å². The minimum atomic E-state index is -0.0594. The summed E-state index contributed by atoms with van der Waals surface area (Å²) < 4.78 is 4.78. The van der Waals surface area contributed by atoms with Crippen molar-refractivity contribution in [2.45, 2.75) is 12.1 Å². The molecule has 0 saturated carbocycles. The van der Waals surface area contributed by atoms with Gasteiger partial charge in [0, 0.05) is 7.05 Å². The summed E-state index contributed by atoms with van der Waals surface area (Å²) in [6, 6.07) is 0. The first-order chi connectivity index (χ1) is 5.72. The van der Waals surface area contributed by atoms with Gasteiger partial charge >= 0.3 is 0 Å². The lowest BCUT2D eigenvalue weighted by Gasteiger charge is -1.93. The number of aryl methyl sites for hydroxylation is 1. The molecule has 1 aromatic rings. The molecular weight excluding hydrogens is 178 g/mol. The van der Waals surface area contributed by atoms with Gasteiger partial charge in [-0.3, -0.25) is 4.79 Å². The molecule has 6 heteroatoms. The van der Waals surface area contributed by atoms with Gasteiger partial charge in [0.05, 0.1) is 5.75 Å². The van der Waals surface area contributed by atoms with Crippen LogP contribution >= 0.6 is 11.8 Å². The van der Waals surface area contributed by atoms with E-state index in [4.69, 9.17) is 4.52 Å². The van der Waals surface area contributed by atoms with E-state index in [-0.39, 0.29) is 5.91 Å². The summed E-state index contributed by atoms with van der Waals surface area (Å²) in [4.78, 5) is 14.7. The molecule has 1 heterocycles. The summed E-state index contributed by atoms with van der Waals surface area (Å²) in [5, 5.41) is 6.50. The quantitative estimate of drug-likeness (QED) is 0.685. The first-order valence-electron chi connectivity index (χ1n) is 3.36. The van der Waals surface area contributed by atoms with Crippen LogP contribution in [0.25, 0.3) is 0 Å². The smallest absolute Gasteiger partial charge is 0.286 e. The molecule has 0 saturated heterocycles.